The fourth-order valence-corrected chi connectivity index (χ4v) is 3.03. The number of rotatable bonds is 4. The number of H-pyrrole nitrogens is 1. The Morgan fingerprint density at radius 2 is 2.27 bits per heavy atom. The topological polar surface area (TPSA) is 72.3 Å². The summed E-state index contributed by atoms with van der Waals surface area (Å²) in [7, 11) is 0. The second-order valence-corrected chi connectivity index (χ2v) is 5.66. The third-order valence-electron chi connectivity index (χ3n) is 4.08. The molecule has 1 aliphatic rings. The Labute approximate surface area is 128 Å². The number of esters is 1. The van der Waals surface area contributed by atoms with Crippen LogP contribution in [0.3, 0.4) is 0 Å². The van der Waals surface area contributed by atoms with E-state index in [1.165, 1.54) is 0 Å². The normalized spacial score (nSPS) is 17.4. The van der Waals surface area contributed by atoms with Gasteiger partial charge in [-0.15, -0.1) is 0 Å². The molecular weight excluding hydrogens is 282 g/mol. The van der Waals surface area contributed by atoms with E-state index in [0.29, 0.717) is 36.3 Å². The molecule has 0 saturated heterocycles. The van der Waals surface area contributed by atoms with Crippen LogP contribution in [0.15, 0.2) is 22.8 Å². The van der Waals surface area contributed by atoms with Crippen molar-refractivity contribution in [1.29, 1.82) is 0 Å². The summed E-state index contributed by atoms with van der Waals surface area (Å²) < 4.78 is 10.6. The molecule has 0 fully saturated rings. The molecule has 2 heterocycles. The van der Waals surface area contributed by atoms with Gasteiger partial charge < -0.3 is 14.1 Å². The number of carbonyl (C=O) groups excluding carboxylic acids is 2. The maximum atomic E-state index is 12.4. The van der Waals surface area contributed by atoms with Crippen LogP contribution >= 0.6 is 0 Å². The Kier molecular flexibility index (Phi) is 3.88. The van der Waals surface area contributed by atoms with E-state index in [1.54, 1.807) is 13.2 Å². The number of ketones is 1. The van der Waals surface area contributed by atoms with E-state index in [0.717, 1.165) is 17.9 Å². The zero-order chi connectivity index (χ0) is 15.7. The number of hydrogen-bond donors (Lipinski definition) is 1. The average Bonchev–Trinajstić information content (AvgIpc) is 3.13. The van der Waals surface area contributed by atoms with Gasteiger partial charge in [0.05, 0.1) is 12.9 Å². The Morgan fingerprint density at radius 1 is 1.45 bits per heavy atom. The fraction of sp³-hybridized carbons (Fsp3) is 0.412. The molecule has 5 nitrogen and oxygen atoms in total. The summed E-state index contributed by atoms with van der Waals surface area (Å²) in [5.74, 6) is 0.482. The second kappa shape index (κ2) is 5.83. The average molecular weight is 301 g/mol. The van der Waals surface area contributed by atoms with Crippen molar-refractivity contribution in [1.82, 2.24) is 4.98 Å². The number of carbonyl (C=O) groups is 2. The lowest BCUT2D eigenvalue weighted by Crippen LogP contribution is -2.18. The number of fused-ring (bicyclic) bond motifs is 1. The minimum absolute atomic E-state index is 0.0209. The molecule has 0 radical (unpaired) electrons. The summed E-state index contributed by atoms with van der Waals surface area (Å²) in [6.45, 7) is 4.12. The zero-order valence-corrected chi connectivity index (χ0v) is 12.8. The Morgan fingerprint density at radius 3 is 2.95 bits per heavy atom. The molecule has 0 amide bonds. The molecule has 1 aliphatic carbocycles. The Bertz CT molecular complexity index is 697. The van der Waals surface area contributed by atoms with Crippen LogP contribution in [-0.2, 0) is 11.2 Å². The Hall–Kier alpha value is -2.30. The van der Waals surface area contributed by atoms with E-state index in [4.69, 9.17) is 9.15 Å². The summed E-state index contributed by atoms with van der Waals surface area (Å²) in [4.78, 5) is 27.6. The number of ether oxygens (including phenoxy) is 1. The van der Waals surface area contributed by atoms with Crippen LogP contribution in [0.4, 0.5) is 0 Å². The smallest absolute Gasteiger partial charge is 0.355 e. The lowest BCUT2D eigenvalue weighted by atomic mass is 9.84. The fourth-order valence-electron chi connectivity index (χ4n) is 3.03. The number of aromatic amines is 1. The molecule has 0 aromatic carbocycles. The first kappa shape index (κ1) is 14.6. The molecule has 0 bridgehead atoms. The highest BCUT2D eigenvalue weighted by Gasteiger charge is 2.33. The number of hydrogen-bond acceptors (Lipinski definition) is 4. The highest BCUT2D eigenvalue weighted by molar-refractivity contribution is 6.03. The largest absolute Gasteiger partial charge is 0.469 e. The SMILES string of the molecule is CCCOC(=O)c1[nH]c2c(c1C)C(=O)C[C@H](c1ccco1)C2. The van der Waals surface area contributed by atoms with Crippen molar-refractivity contribution in [3.63, 3.8) is 0 Å². The molecule has 0 spiro atoms. The van der Waals surface area contributed by atoms with Gasteiger partial charge in [0.2, 0.25) is 0 Å². The summed E-state index contributed by atoms with van der Waals surface area (Å²) in [6, 6.07) is 3.71. The molecule has 3 rings (SSSR count). The lowest BCUT2D eigenvalue weighted by molar-refractivity contribution is 0.0498. The molecule has 1 N–H and O–H groups in total. The number of aromatic nitrogens is 1. The minimum atomic E-state index is -0.393. The predicted molar refractivity (Wildman–Crippen MR) is 80.2 cm³/mol. The third-order valence-corrected chi connectivity index (χ3v) is 4.08. The Balaban J connectivity index is 1.90. The summed E-state index contributed by atoms with van der Waals surface area (Å²) >= 11 is 0. The highest BCUT2D eigenvalue weighted by Crippen LogP contribution is 2.35. The second-order valence-electron chi connectivity index (χ2n) is 5.66. The van der Waals surface area contributed by atoms with E-state index in [2.05, 4.69) is 4.98 Å². The maximum absolute atomic E-state index is 12.4. The highest BCUT2D eigenvalue weighted by atomic mass is 16.5. The van der Waals surface area contributed by atoms with Gasteiger partial charge in [-0.3, -0.25) is 4.79 Å². The summed E-state index contributed by atoms with van der Waals surface area (Å²) in [5, 5.41) is 0. The van der Waals surface area contributed by atoms with Crippen LogP contribution in [0.5, 0.6) is 0 Å². The van der Waals surface area contributed by atoms with Crippen molar-refractivity contribution in [3.05, 3.63) is 46.7 Å². The van der Waals surface area contributed by atoms with Crippen LogP contribution in [0.1, 0.15) is 63.5 Å². The minimum Gasteiger partial charge on any atom is -0.469 e. The molecule has 116 valence electrons. The van der Waals surface area contributed by atoms with Gasteiger partial charge >= 0.3 is 5.97 Å². The van der Waals surface area contributed by atoms with Crippen molar-refractivity contribution in [2.75, 3.05) is 6.61 Å². The van der Waals surface area contributed by atoms with Crippen molar-refractivity contribution in [2.24, 2.45) is 0 Å². The van der Waals surface area contributed by atoms with E-state index in [9.17, 15) is 9.59 Å². The molecule has 5 heteroatoms. The van der Waals surface area contributed by atoms with Crippen LogP contribution in [0.25, 0.3) is 0 Å². The zero-order valence-electron chi connectivity index (χ0n) is 12.8. The molecule has 22 heavy (non-hydrogen) atoms. The quantitative estimate of drug-likeness (QED) is 0.878. The number of nitrogens with one attached hydrogen (secondary N) is 1. The van der Waals surface area contributed by atoms with Gasteiger partial charge in [-0.05, 0) is 37.5 Å². The molecule has 2 aromatic rings. The first-order valence-corrected chi connectivity index (χ1v) is 7.57. The van der Waals surface area contributed by atoms with Gasteiger partial charge in [0.1, 0.15) is 11.5 Å². The molecular formula is C17H19NO4. The monoisotopic (exact) mass is 301 g/mol. The molecule has 0 unspecified atom stereocenters. The van der Waals surface area contributed by atoms with Gasteiger partial charge in [0.15, 0.2) is 5.78 Å². The van der Waals surface area contributed by atoms with Gasteiger partial charge in [-0.2, -0.15) is 0 Å². The lowest BCUT2D eigenvalue weighted by Gasteiger charge is -2.19. The van der Waals surface area contributed by atoms with Crippen molar-refractivity contribution < 1.29 is 18.7 Å². The van der Waals surface area contributed by atoms with E-state index >= 15 is 0 Å². The molecule has 0 saturated carbocycles. The van der Waals surface area contributed by atoms with Gasteiger partial charge in [-0.25, -0.2) is 4.79 Å². The van der Waals surface area contributed by atoms with Gasteiger partial charge in [-0.1, -0.05) is 6.92 Å². The van der Waals surface area contributed by atoms with Crippen LogP contribution in [0, 0.1) is 6.92 Å². The van der Waals surface area contributed by atoms with E-state index < -0.39 is 5.97 Å². The number of furan rings is 1. The maximum Gasteiger partial charge on any atom is 0.355 e. The van der Waals surface area contributed by atoms with Crippen molar-refractivity contribution in [3.8, 4) is 0 Å². The predicted octanol–water partition coefficient (Wildman–Crippen LogP) is 3.40. The number of Topliss-reactive ketones (excluding diaryl/α,β-unsaturated/α-hetero) is 1. The summed E-state index contributed by atoms with van der Waals surface area (Å²) in [5.41, 5.74) is 2.54. The first-order valence-electron chi connectivity index (χ1n) is 7.57. The van der Waals surface area contributed by atoms with Crippen LogP contribution < -0.4 is 0 Å². The van der Waals surface area contributed by atoms with Crippen molar-refractivity contribution >= 4 is 11.8 Å². The molecule has 0 aliphatic heterocycles. The van der Waals surface area contributed by atoms with Gasteiger partial charge in [0, 0.05) is 23.6 Å². The van der Waals surface area contributed by atoms with E-state index in [-0.39, 0.29) is 11.7 Å². The van der Waals surface area contributed by atoms with Gasteiger partial charge in [0.25, 0.3) is 0 Å². The van der Waals surface area contributed by atoms with Crippen molar-refractivity contribution in [2.45, 2.75) is 39.0 Å². The van der Waals surface area contributed by atoms with Crippen LogP contribution in [-0.4, -0.2) is 23.3 Å². The summed E-state index contributed by atoms with van der Waals surface area (Å²) in [6.07, 6.45) is 3.45. The molecule has 2 aromatic heterocycles. The third kappa shape index (κ3) is 2.47. The molecule has 1 atom stereocenters. The first-order chi connectivity index (χ1) is 10.6. The van der Waals surface area contributed by atoms with E-state index in [1.807, 2.05) is 19.1 Å². The van der Waals surface area contributed by atoms with Crippen LogP contribution in [0.2, 0.25) is 0 Å². The standard InChI is InChI=1S/C17H19NO4/c1-3-6-22-17(20)16-10(2)15-12(18-16)8-11(9-13(15)19)14-5-4-7-21-14/h4-5,7,11,18H,3,6,8-9H2,1-2H3/t11-/m1/s1.